The molecule has 6 nitrogen and oxygen atoms in total. The molecule has 0 fully saturated rings. The first-order valence-electron chi connectivity index (χ1n) is 5.35. The number of carbonyl (C=O) groups is 2. The van der Waals surface area contributed by atoms with Crippen molar-refractivity contribution in [2.75, 3.05) is 6.61 Å². The van der Waals surface area contributed by atoms with Crippen LogP contribution in [0.2, 0.25) is 0 Å². The van der Waals surface area contributed by atoms with Crippen LogP contribution in [0.5, 0.6) is 0 Å². The van der Waals surface area contributed by atoms with Crippen LogP contribution in [0.25, 0.3) is 0 Å². The van der Waals surface area contributed by atoms with Crippen LogP contribution in [0.15, 0.2) is 22.8 Å². The predicted octanol–water partition coefficient (Wildman–Crippen LogP) is -1.59. The van der Waals surface area contributed by atoms with Gasteiger partial charge in [0.15, 0.2) is 11.8 Å². The molecule has 94 valence electrons. The molecule has 6 heteroatoms. The van der Waals surface area contributed by atoms with E-state index in [9.17, 15) is 14.7 Å². The van der Waals surface area contributed by atoms with Gasteiger partial charge in [-0.15, -0.1) is 0 Å². The summed E-state index contributed by atoms with van der Waals surface area (Å²) in [5.41, 5.74) is 0. The summed E-state index contributed by atoms with van der Waals surface area (Å²) in [4.78, 5) is 22.0. The number of hydrogen-bond donors (Lipinski definition) is 1. The van der Waals surface area contributed by atoms with Gasteiger partial charge in [-0.2, -0.15) is 0 Å². The number of carboxylic acid groups (broad SMARTS) is 1. The highest BCUT2D eigenvalue weighted by Crippen LogP contribution is 1.97. The number of carbonyl (C=O) groups excluding carboxylic acids is 2. The number of carboxylic acids is 1. The minimum Gasteiger partial charge on any atom is -0.550 e. The van der Waals surface area contributed by atoms with Crippen LogP contribution in [0, 0.1) is 0 Å². The van der Waals surface area contributed by atoms with Gasteiger partial charge in [0.25, 0.3) is 0 Å². The maximum absolute atomic E-state index is 11.5. The molecule has 0 spiro atoms. The van der Waals surface area contributed by atoms with Gasteiger partial charge in [0.2, 0.25) is 0 Å². The SMILES string of the molecule is CCOC(=O)[C@@H](CC(=O)[O-])[NH2+]Cc1ccco1. The van der Waals surface area contributed by atoms with Crippen LogP contribution in [-0.4, -0.2) is 24.6 Å². The zero-order valence-corrected chi connectivity index (χ0v) is 9.55. The maximum atomic E-state index is 11.5. The van der Waals surface area contributed by atoms with Gasteiger partial charge in [0.1, 0.15) is 6.54 Å². The minimum atomic E-state index is -1.28. The number of rotatable bonds is 7. The summed E-state index contributed by atoms with van der Waals surface area (Å²) in [5, 5.41) is 12.1. The van der Waals surface area contributed by atoms with E-state index in [4.69, 9.17) is 9.15 Å². The van der Waals surface area contributed by atoms with Crippen molar-refractivity contribution in [3.63, 3.8) is 0 Å². The van der Waals surface area contributed by atoms with Crippen molar-refractivity contribution < 1.29 is 29.2 Å². The van der Waals surface area contributed by atoms with Crippen molar-refractivity contribution in [2.24, 2.45) is 0 Å². The van der Waals surface area contributed by atoms with E-state index in [0.29, 0.717) is 12.3 Å². The van der Waals surface area contributed by atoms with E-state index in [-0.39, 0.29) is 13.0 Å². The topological polar surface area (TPSA) is 96.2 Å². The molecule has 0 radical (unpaired) electrons. The summed E-state index contributed by atoms with van der Waals surface area (Å²) in [6, 6.07) is 2.67. The molecule has 0 saturated carbocycles. The lowest BCUT2D eigenvalue weighted by atomic mass is 10.2. The highest BCUT2D eigenvalue weighted by atomic mass is 16.5. The lowest BCUT2D eigenvalue weighted by Gasteiger charge is -2.13. The number of esters is 1. The number of aliphatic carboxylic acids is 1. The molecule has 0 aliphatic rings. The standard InChI is InChI=1S/C11H15NO5/c1-2-16-11(15)9(6-10(13)14)12-7-8-4-3-5-17-8/h3-5,9,12H,2,6-7H2,1H3,(H,13,14)/t9-/m1/s1. The van der Waals surface area contributed by atoms with Crippen molar-refractivity contribution in [3.05, 3.63) is 24.2 Å². The molecule has 0 saturated heterocycles. The molecule has 17 heavy (non-hydrogen) atoms. The Morgan fingerprint density at radius 3 is 2.88 bits per heavy atom. The van der Waals surface area contributed by atoms with E-state index in [2.05, 4.69) is 0 Å². The summed E-state index contributed by atoms with van der Waals surface area (Å²) in [6.45, 7) is 2.27. The first kappa shape index (κ1) is 13.2. The number of furan rings is 1. The Hall–Kier alpha value is -1.82. The molecule has 0 unspecified atom stereocenters. The summed E-state index contributed by atoms with van der Waals surface area (Å²) < 4.78 is 9.87. The van der Waals surface area contributed by atoms with Gasteiger partial charge in [-0.1, -0.05) is 0 Å². The average molecular weight is 241 g/mol. The first-order valence-corrected chi connectivity index (χ1v) is 5.35. The second-order valence-corrected chi connectivity index (χ2v) is 3.45. The number of hydrogen-bond acceptors (Lipinski definition) is 5. The highest BCUT2D eigenvalue weighted by molar-refractivity contribution is 5.79. The molecular weight excluding hydrogens is 226 g/mol. The molecule has 1 heterocycles. The monoisotopic (exact) mass is 241 g/mol. The normalized spacial score (nSPS) is 12.1. The van der Waals surface area contributed by atoms with E-state index < -0.39 is 18.0 Å². The van der Waals surface area contributed by atoms with Gasteiger partial charge < -0.3 is 24.4 Å². The Bertz CT molecular complexity index is 360. The maximum Gasteiger partial charge on any atom is 0.365 e. The van der Waals surface area contributed by atoms with Crippen LogP contribution < -0.4 is 10.4 Å². The number of ether oxygens (including phenoxy) is 1. The van der Waals surface area contributed by atoms with Gasteiger partial charge >= 0.3 is 5.97 Å². The lowest BCUT2D eigenvalue weighted by Crippen LogP contribution is -2.91. The fourth-order valence-corrected chi connectivity index (χ4v) is 1.38. The second kappa shape index (κ2) is 6.70. The van der Waals surface area contributed by atoms with Crippen molar-refractivity contribution in [1.82, 2.24) is 0 Å². The number of nitrogens with two attached hydrogens (primary N) is 1. The molecule has 1 aromatic rings. The van der Waals surface area contributed by atoms with Crippen LogP contribution in [-0.2, 0) is 20.9 Å². The van der Waals surface area contributed by atoms with Gasteiger partial charge in [-0.25, -0.2) is 4.79 Å². The smallest absolute Gasteiger partial charge is 0.365 e. The highest BCUT2D eigenvalue weighted by Gasteiger charge is 2.23. The van der Waals surface area contributed by atoms with Crippen LogP contribution >= 0.6 is 0 Å². The third-order valence-electron chi connectivity index (χ3n) is 2.16. The molecule has 0 amide bonds. The Morgan fingerprint density at radius 2 is 2.35 bits per heavy atom. The minimum absolute atomic E-state index is 0.219. The van der Waals surface area contributed by atoms with Crippen molar-refractivity contribution in [1.29, 1.82) is 0 Å². The van der Waals surface area contributed by atoms with Gasteiger partial charge in [-0.05, 0) is 19.1 Å². The zero-order chi connectivity index (χ0) is 12.7. The Kier molecular flexibility index (Phi) is 5.22. The second-order valence-electron chi connectivity index (χ2n) is 3.45. The molecule has 1 aromatic heterocycles. The van der Waals surface area contributed by atoms with E-state index in [1.54, 1.807) is 24.4 Å². The summed E-state index contributed by atoms with van der Waals surface area (Å²) in [7, 11) is 0. The summed E-state index contributed by atoms with van der Waals surface area (Å²) in [6.07, 6.45) is 1.14. The lowest BCUT2D eigenvalue weighted by molar-refractivity contribution is -0.694. The van der Waals surface area contributed by atoms with Crippen molar-refractivity contribution in [3.8, 4) is 0 Å². The van der Waals surface area contributed by atoms with Crippen molar-refractivity contribution >= 4 is 11.9 Å². The van der Waals surface area contributed by atoms with Gasteiger partial charge in [-0.3, -0.25) is 0 Å². The molecule has 1 atom stereocenters. The van der Waals surface area contributed by atoms with Crippen LogP contribution in [0.3, 0.4) is 0 Å². The molecule has 0 aliphatic heterocycles. The Labute approximate surface area is 98.6 Å². The van der Waals surface area contributed by atoms with Crippen molar-refractivity contribution in [2.45, 2.75) is 25.9 Å². The fraction of sp³-hybridized carbons (Fsp3) is 0.455. The predicted molar refractivity (Wildman–Crippen MR) is 54.4 cm³/mol. The third-order valence-corrected chi connectivity index (χ3v) is 2.16. The largest absolute Gasteiger partial charge is 0.550 e. The zero-order valence-electron chi connectivity index (χ0n) is 9.55. The summed E-state index contributed by atoms with van der Waals surface area (Å²) in [5.74, 6) is -1.17. The molecule has 2 N–H and O–H groups in total. The quantitative estimate of drug-likeness (QED) is 0.581. The van der Waals surface area contributed by atoms with E-state index >= 15 is 0 Å². The van der Waals surface area contributed by atoms with Crippen LogP contribution in [0.4, 0.5) is 0 Å². The molecule has 1 rings (SSSR count). The first-order chi connectivity index (χ1) is 8.13. The van der Waals surface area contributed by atoms with E-state index in [1.165, 1.54) is 6.26 Å². The van der Waals surface area contributed by atoms with Gasteiger partial charge in [0.05, 0.1) is 19.3 Å². The Morgan fingerprint density at radius 1 is 1.59 bits per heavy atom. The molecule has 0 aromatic carbocycles. The molecular formula is C11H15NO5. The van der Waals surface area contributed by atoms with Gasteiger partial charge in [0, 0.05) is 5.97 Å². The molecule has 0 bridgehead atoms. The Balaban J connectivity index is 2.50. The fourth-order valence-electron chi connectivity index (χ4n) is 1.38. The van der Waals surface area contributed by atoms with E-state index in [0.717, 1.165) is 0 Å². The third kappa shape index (κ3) is 4.69. The molecule has 0 aliphatic carbocycles. The van der Waals surface area contributed by atoms with E-state index in [1.807, 2.05) is 0 Å². The average Bonchev–Trinajstić information content (AvgIpc) is 2.76. The summed E-state index contributed by atoms with van der Waals surface area (Å²) >= 11 is 0. The van der Waals surface area contributed by atoms with Crippen LogP contribution in [0.1, 0.15) is 19.1 Å². The number of quaternary nitrogens is 1.